The lowest BCUT2D eigenvalue weighted by molar-refractivity contribution is 0.576. The molecule has 5 nitrogen and oxygen atoms in total. The van der Waals surface area contributed by atoms with E-state index in [1.165, 1.54) is 0 Å². The number of sulfone groups is 1. The Bertz CT molecular complexity index is 1200. The zero-order valence-electron chi connectivity index (χ0n) is 15.9. The second-order valence-electron chi connectivity index (χ2n) is 6.67. The Kier molecular flexibility index (Phi) is 5.18. The maximum atomic E-state index is 13.2. The van der Waals surface area contributed by atoms with Crippen molar-refractivity contribution in [2.75, 3.05) is 5.32 Å². The molecule has 0 aliphatic heterocycles. The molecule has 0 saturated carbocycles. The summed E-state index contributed by atoms with van der Waals surface area (Å²) in [6.45, 7) is 2.44. The van der Waals surface area contributed by atoms with E-state index in [4.69, 9.17) is 4.42 Å². The van der Waals surface area contributed by atoms with E-state index in [1.807, 2.05) is 61.5 Å². The second-order valence-corrected chi connectivity index (χ2v) is 8.54. The molecule has 0 fully saturated rings. The van der Waals surface area contributed by atoms with Gasteiger partial charge in [0.05, 0.1) is 4.90 Å². The van der Waals surface area contributed by atoms with Gasteiger partial charge >= 0.3 is 0 Å². The molecule has 0 atom stereocenters. The number of hydrogen-bond acceptors (Lipinski definition) is 5. The molecule has 0 radical (unpaired) electrons. The van der Waals surface area contributed by atoms with Gasteiger partial charge in [0.25, 0.3) is 0 Å². The lowest BCUT2D eigenvalue weighted by Crippen LogP contribution is -2.07. The topological polar surface area (TPSA) is 72.2 Å². The average molecular weight is 404 g/mol. The monoisotopic (exact) mass is 404 g/mol. The van der Waals surface area contributed by atoms with E-state index in [0.29, 0.717) is 12.1 Å². The number of oxazole rings is 1. The third-order valence-corrected chi connectivity index (χ3v) is 6.18. The lowest BCUT2D eigenvalue weighted by atomic mass is 10.1. The zero-order valence-corrected chi connectivity index (χ0v) is 16.7. The summed E-state index contributed by atoms with van der Waals surface area (Å²) in [7, 11) is -3.84. The summed E-state index contributed by atoms with van der Waals surface area (Å²) in [5, 5.41) is 2.99. The minimum absolute atomic E-state index is 0.116. The van der Waals surface area contributed by atoms with Crippen LogP contribution < -0.4 is 5.32 Å². The van der Waals surface area contributed by atoms with Gasteiger partial charge in [0.2, 0.25) is 26.6 Å². The van der Waals surface area contributed by atoms with E-state index in [9.17, 15) is 8.42 Å². The molecule has 29 heavy (non-hydrogen) atoms. The Balaban J connectivity index is 1.74. The number of rotatable bonds is 6. The molecule has 1 heterocycles. The van der Waals surface area contributed by atoms with Gasteiger partial charge in [0.1, 0.15) is 0 Å². The van der Waals surface area contributed by atoms with Crippen molar-refractivity contribution in [3.63, 3.8) is 0 Å². The van der Waals surface area contributed by atoms with Crippen LogP contribution in [0.5, 0.6) is 0 Å². The Morgan fingerprint density at radius 1 is 0.862 bits per heavy atom. The molecule has 4 aromatic rings. The molecule has 4 rings (SSSR count). The summed E-state index contributed by atoms with van der Waals surface area (Å²) in [4.78, 5) is 4.51. The summed E-state index contributed by atoms with van der Waals surface area (Å²) in [5.74, 6) is 0.389. The molecular formula is C23H20N2O3S. The largest absolute Gasteiger partial charge is 0.419 e. The van der Waals surface area contributed by atoms with Crippen LogP contribution in [0.2, 0.25) is 0 Å². The van der Waals surface area contributed by atoms with Crippen LogP contribution in [0.4, 0.5) is 5.88 Å². The van der Waals surface area contributed by atoms with E-state index in [2.05, 4.69) is 10.3 Å². The van der Waals surface area contributed by atoms with E-state index in [-0.39, 0.29) is 21.7 Å². The molecule has 146 valence electrons. The van der Waals surface area contributed by atoms with Crippen LogP contribution in [0, 0.1) is 6.92 Å². The highest BCUT2D eigenvalue weighted by Crippen LogP contribution is 2.32. The molecule has 0 spiro atoms. The summed E-state index contributed by atoms with van der Waals surface area (Å²) in [6, 6.07) is 25.5. The highest BCUT2D eigenvalue weighted by molar-refractivity contribution is 7.91. The molecule has 0 amide bonds. The van der Waals surface area contributed by atoms with E-state index in [0.717, 1.165) is 11.1 Å². The highest BCUT2D eigenvalue weighted by Gasteiger charge is 2.28. The fourth-order valence-corrected chi connectivity index (χ4v) is 4.20. The zero-order chi connectivity index (χ0) is 20.3. The minimum Gasteiger partial charge on any atom is -0.419 e. The van der Waals surface area contributed by atoms with Gasteiger partial charge in [-0.2, -0.15) is 4.98 Å². The molecule has 0 aliphatic rings. The Morgan fingerprint density at radius 3 is 2.14 bits per heavy atom. The predicted molar refractivity (Wildman–Crippen MR) is 112 cm³/mol. The van der Waals surface area contributed by atoms with Crippen LogP contribution in [-0.4, -0.2) is 13.4 Å². The SMILES string of the molecule is Cc1ccc(CNc2oc(-c3ccccc3)nc2S(=O)(=O)c2ccccc2)cc1. The van der Waals surface area contributed by atoms with Gasteiger partial charge < -0.3 is 9.73 Å². The van der Waals surface area contributed by atoms with Crippen LogP contribution in [-0.2, 0) is 16.4 Å². The van der Waals surface area contributed by atoms with Crippen molar-refractivity contribution in [2.45, 2.75) is 23.4 Å². The van der Waals surface area contributed by atoms with E-state index >= 15 is 0 Å². The fourth-order valence-electron chi connectivity index (χ4n) is 2.90. The molecule has 0 bridgehead atoms. The minimum atomic E-state index is -3.84. The van der Waals surface area contributed by atoms with Gasteiger partial charge in [-0.15, -0.1) is 0 Å². The molecular weight excluding hydrogens is 384 g/mol. The third kappa shape index (κ3) is 4.07. The standard InChI is InChI=1S/C23H20N2O3S/c1-17-12-14-18(15-13-17)16-24-22-23(29(26,27)20-10-6-3-7-11-20)25-21(28-22)19-8-4-2-5-9-19/h2-15,24H,16H2,1H3. The predicted octanol–water partition coefficient (Wildman–Crippen LogP) is 5.09. The highest BCUT2D eigenvalue weighted by atomic mass is 32.2. The van der Waals surface area contributed by atoms with Crippen molar-refractivity contribution in [2.24, 2.45) is 0 Å². The normalized spacial score (nSPS) is 11.3. The first-order chi connectivity index (χ1) is 14.0. The summed E-state index contributed by atoms with van der Waals surface area (Å²) < 4.78 is 32.2. The van der Waals surface area contributed by atoms with Crippen LogP contribution in [0.3, 0.4) is 0 Å². The summed E-state index contributed by atoms with van der Waals surface area (Å²) >= 11 is 0. The molecule has 1 N–H and O–H groups in total. The maximum absolute atomic E-state index is 13.2. The maximum Gasteiger partial charge on any atom is 0.234 e. The molecule has 1 aromatic heterocycles. The third-order valence-electron chi connectivity index (χ3n) is 4.50. The second kappa shape index (κ2) is 7.93. The molecule has 6 heteroatoms. The van der Waals surface area contributed by atoms with Crippen molar-refractivity contribution in [3.05, 3.63) is 96.1 Å². The number of hydrogen-bond donors (Lipinski definition) is 1. The first-order valence-corrected chi connectivity index (χ1v) is 10.7. The summed E-state index contributed by atoms with van der Waals surface area (Å²) in [5.41, 5.74) is 2.88. The first kappa shape index (κ1) is 19.0. The lowest BCUT2D eigenvalue weighted by Gasteiger charge is -2.06. The van der Waals surface area contributed by atoms with Crippen LogP contribution in [0.15, 0.2) is 99.3 Å². The van der Waals surface area contributed by atoms with Crippen LogP contribution in [0.1, 0.15) is 11.1 Å². The van der Waals surface area contributed by atoms with E-state index in [1.54, 1.807) is 30.3 Å². The Morgan fingerprint density at radius 2 is 1.48 bits per heavy atom. The van der Waals surface area contributed by atoms with Gasteiger partial charge in [-0.25, -0.2) is 8.42 Å². The van der Waals surface area contributed by atoms with Gasteiger partial charge in [0, 0.05) is 12.1 Å². The van der Waals surface area contributed by atoms with Crippen molar-refractivity contribution in [1.29, 1.82) is 0 Å². The Hall–Kier alpha value is -3.38. The smallest absolute Gasteiger partial charge is 0.234 e. The van der Waals surface area contributed by atoms with Crippen molar-refractivity contribution in [3.8, 4) is 11.5 Å². The van der Waals surface area contributed by atoms with Gasteiger partial charge in [0.15, 0.2) is 0 Å². The van der Waals surface area contributed by atoms with Crippen molar-refractivity contribution < 1.29 is 12.8 Å². The Labute approximate surface area is 170 Å². The fraction of sp³-hybridized carbons (Fsp3) is 0.0870. The van der Waals surface area contributed by atoms with E-state index < -0.39 is 9.84 Å². The molecule has 0 unspecified atom stereocenters. The molecule has 0 aliphatic carbocycles. The number of anilines is 1. The van der Waals surface area contributed by atoms with Crippen molar-refractivity contribution in [1.82, 2.24) is 4.98 Å². The number of nitrogens with zero attached hydrogens (tertiary/aromatic N) is 1. The van der Waals surface area contributed by atoms with Gasteiger partial charge in [-0.1, -0.05) is 66.2 Å². The molecule has 0 saturated heterocycles. The average Bonchev–Trinajstić information content (AvgIpc) is 3.20. The number of aromatic nitrogens is 1. The van der Waals surface area contributed by atoms with Gasteiger partial charge in [-0.05, 0) is 36.8 Å². The number of aryl methyl sites for hydroxylation is 1. The van der Waals surface area contributed by atoms with Crippen LogP contribution >= 0.6 is 0 Å². The molecule has 3 aromatic carbocycles. The van der Waals surface area contributed by atoms with Gasteiger partial charge in [-0.3, -0.25) is 0 Å². The number of nitrogens with one attached hydrogen (secondary N) is 1. The van der Waals surface area contributed by atoms with Crippen LogP contribution in [0.25, 0.3) is 11.5 Å². The quantitative estimate of drug-likeness (QED) is 0.484. The first-order valence-electron chi connectivity index (χ1n) is 9.20. The summed E-state index contributed by atoms with van der Waals surface area (Å²) in [6.07, 6.45) is 0. The number of benzene rings is 3. The van der Waals surface area contributed by atoms with Crippen molar-refractivity contribution >= 4 is 15.7 Å².